The van der Waals surface area contributed by atoms with Crippen LogP contribution in [0, 0.1) is 10.1 Å². The van der Waals surface area contributed by atoms with Crippen LogP contribution < -0.4 is 10.4 Å². The Morgan fingerprint density at radius 2 is 1.61 bits per heavy atom. The fourth-order valence-corrected chi connectivity index (χ4v) is 6.70. The van der Waals surface area contributed by atoms with E-state index in [1.807, 2.05) is 6.08 Å². The fourth-order valence-electron chi connectivity index (χ4n) is 4.40. The highest BCUT2D eigenvalue weighted by molar-refractivity contribution is 8.22. The van der Waals surface area contributed by atoms with Crippen LogP contribution in [0.4, 0.5) is 5.69 Å². The number of non-ortho nitro benzene ring substituents is 1. The molecule has 5 heteroatoms. The molecule has 0 radical (unpaired) electrons. The summed E-state index contributed by atoms with van der Waals surface area (Å²) in [6, 6.07) is 24.2. The number of nitro groups is 1. The monoisotopic (exact) mass is 454 g/mol. The molecule has 0 aliphatic carbocycles. The van der Waals surface area contributed by atoms with Crippen LogP contribution in [0.1, 0.15) is 24.0 Å². The topological polar surface area (TPSA) is 46.4 Å². The first-order valence-electron chi connectivity index (χ1n) is 11.3. The SMILES string of the molecule is O=[N+]([O-])c1ccc(/C=C/CN2CCC(=S3C=c4ccccc4=Cc4ccccc43)CC2)cc1. The van der Waals surface area contributed by atoms with Crippen LogP contribution in [0.2, 0.25) is 0 Å². The highest BCUT2D eigenvalue weighted by Gasteiger charge is 2.17. The Bertz CT molecular complexity index is 1360. The Morgan fingerprint density at radius 3 is 2.36 bits per heavy atom. The lowest BCUT2D eigenvalue weighted by Gasteiger charge is -2.29. The third-order valence-corrected chi connectivity index (χ3v) is 8.58. The van der Waals surface area contributed by atoms with Gasteiger partial charge in [-0.25, -0.2) is 0 Å². The molecule has 2 aliphatic rings. The average Bonchev–Trinajstić information content (AvgIpc) is 3.02. The predicted molar refractivity (Wildman–Crippen MR) is 139 cm³/mol. The van der Waals surface area contributed by atoms with Crippen molar-refractivity contribution in [3.05, 3.63) is 111 Å². The Kier molecular flexibility index (Phi) is 6.33. The molecular weight excluding hydrogens is 428 g/mol. The lowest BCUT2D eigenvalue weighted by molar-refractivity contribution is -0.384. The molecule has 0 amide bonds. The molecule has 1 atom stereocenters. The molecule has 1 saturated heterocycles. The zero-order valence-electron chi connectivity index (χ0n) is 18.4. The van der Waals surface area contributed by atoms with Crippen LogP contribution in [0.3, 0.4) is 0 Å². The number of likely N-dealkylation sites (tertiary alicyclic amines) is 1. The lowest BCUT2D eigenvalue weighted by atomic mass is 10.1. The summed E-state index contributed by atoms with van der Waals surface area (Å²) in [5.41, 5.74) is 2.46. The minimum atomic E-state index is -0.364. The Morgan fingerprint density at radius 1 is 0.909 bits per heavy atom. The summed E-state index contributed by atoms with van der Waals surface area (Å²) in [5, 5.41) is 15.9. The Labute approximate surface area is 196 Å². The van der Waals surface area contributed by atoms with Crippen molar-refractivity contribution in [3.8, 4) is 0 Å². The van der Waals surface area contributed by atoms with E-state index in [9.17, 15) is 10.1 Å². The van der Waals surface area contributed by atoms with E-state index >= 15 is 0 Å². The van der Waals surface area contributed by atoms with Gasteiger partial charge < -0.3 is 0 Å². The molecular formula is C28H26N2O2S. The van der Waals surface area contributed by atoms with Gasteiger partial charge in [0, 0.05) is 36.7 Å². The van der Waals surface area contributed by atoms with Crippen LogP contribution in [-0.4, -0.2) is 34.3 Å². The minimum absolute atomic E-state index is 0.0194. The summed E-state index contributed by atoms with van der Waals surface area (Å²) in [6.07, 6.45) is 8.76. The van der Waals surface area contributed by atoms with Crippen LogP contribution in [-0.2, 0) is 0 Å². The summed E-state index contributed by atoms with van der Waals surface area (Å²) in [7, 11) is 0.0194. The van der Waals surface area contributed by atoms with Gasteiger partial charge in [-0.1, -0.05) is 54.6 Å². The van der Waals surface area contributed by atoms with Crippen molar-refractivity contribution in [1.82, 2.24) is 4.90 Å². The highest BCUT2D eigenvalue weighted by atomic mass is 32.2. The number of hydrogen-bond donors (Lipinski definition) is 0. The molecule has 3 aromatic carbocycles. The molecule has 3 aromatic rings. The number of benzene rings is 3. The van der Waals surface area contributed by atoms with Gasteiger partial charge in [0.15, 0.2) is 0 Å². The first kappa shape index (κ1) is 21.6. The number of fused-ring (bicyclic) bond motifs is 2. The predicted octanol–water partition coefficient (Wildman–Crippen LogP) is 4.78. The van der Waals surface area contributed by atoms with E-state index in [1.54, 1.807) is 29.1 Å². The third-order valence-electron chi connectivity index (χ3n) is 6.21. The van der Waals surface area contributed by atoms with Gasteiger partial charge in [-0.2, -0.15) is 0 Å². The zero-order valence-corrected chi connectivity index (χ0v) is 19.2. The van der Waals surface area contributed by atoms with E-state index in [0.717, 1.165) is 38.0 Å². The van der Waals surface area contributed by atoms with Gasteiger partial charge in [0.05, 0.1) is 4.92 Å². The Balaban J connectivity index is 1.31. The largest absolute Gasteiger partial charge is 0.299 e. The lowest BCUT2D eigenvalue weighted by Crippen LogP contribution is -2.34. The molecule has 0 saturated carbocycles. The molecule has 166 valence electrons. The fraction of sp³-hybridized carbons (Fsp3) is 0.179. The summed E-state index contributed by atoms with van der Waals surface area (Å²) in [5.74, 6) is 0. The molecule has 33 heavy (non-hydrogen) atoms. The van der Waals surface area contributed by atoms with E-state index in [4.69, 9.17) is 0 Å². The third kappa shape index (κ3) is 4.90. The van der Waals surface area contributed by atoms with Crippen molar-refractivity contribution >= 4 is 38.6 Å². The van der Waals surface area contributed by atoms with Gasteiger partial charge in [-0.15, -0.1) is 10.5 Å². The first-order chi connectivity index (χ1) is 16.2. The summed E-state index contributed by atoms with van der Waals surface area (Å²) >= 11 is 0. The molecule has 0 bridgehead atoms. The second-order valence-corrected chi connectivity index (χ2v) is 10.3. The maximum absolute atomic E-state index is 10.8. The zero-order chi connectivity index (χ0) is 22.6. The summed E-state index contributed by atoms with van der Waals surface area (Å²) < 4.78 is 0. The normalized spacial score (nSPS) is 18.1. The van der Waals surface area contributed by atoms with Gasteiger partial charge in [-0.3, -0.25) is 15.0 Å². The number of nitro benzene ring substituents is 1. The van der Waals surface area contributed by atoms with E-state index in [1.165, 1.54) is 20.9 Å². The number of piperidine rings is 1. The van der Waals surface area contributed by atoms with E-state index in [-0.39, 0.29) is 21.1 Å². The summed E-state index contributed by atoms with van der Waals surface area (Å²) in [6.45, 7) is 3.02. The van der Waals surface area contributed by atoms with Gasteiger partial charge in [0.25, 0.3) is 5.69 Å². The van der Waals surface area contributed by atoms with Crippen LogP contribution in [0.15, 0.2) is 83.8 Å². The molecule has 2 aliphatic heterocycles. The van der Waals surface area contributed by atoms with Crippen LogP contribution >= 0.6 is 10.5 Å². The number of rotatable bonds is 4. The van der Waals surface area contributed by atoms with Crippen molar-refractivity contribution in [2.45, 2.75) is 17.7 Å². The van der Waals surface area contributed by atoms with Crippen molar-refractivity contribution in [3.63, 3.8) is 0 Å². The van der Waals surface area contributed by atoms with Gasteiger partial charge in [0.2, 0.25) is 0 Å². The van der Waals surface area contributed by atoms with Crippen LogP contribution in [0.5, 0.6) is 0 Å². The van der Waals surface area contributed by atoms with E-state index in [0.29, 0.717) is 0 Å². The molecule has 1 unspecified atom stereocenters. The first-order valence-corrected chi connectivity index (χ1v) is 12.5. The molecule has 5 rings (SSSR count). The van der Waals surface area contributed by atoms with E-state index < -0.39 is 0 Å². The molecule has 2 heterocycles. The average molecular weight is 455 g/mol. The standard InChI is InChI=1S/C28H26N2O2S/c31-30(32)26-13-11-22(12-14-26)6-5-17-29-18-15-27(16-19-29)33-21-25-9-2-1-7-23(25)20-24-8-3-4-10-28(24)33/h1-14,20-21H,15-19H2/b6-5+. The number of hydrogen-bond acceptors (Lipinski definition) is 3. The van der Waals surface area contributed by atoms with Crippen molar-refractivity contribution < 1.29 is 4.92 Å². The smallest absolute Gasteiger partial charge is 0.269 e. The van der Waals surface area contributed by atoms with Crippen molar-refractivity contribution in [1.29, 1.82) is 0 Å². The molecule has 4 nitrogen and oxygen atoms in total. The second kappa shape index (κ2) is 9.69. The maximum atomic E-state index is 10.8. The number of nitrogens with zero attached hydrogens (tertiary/aromatic N) is 2. The quantitative estimate of drug-likeness (QED) is 0.324. The van der Waals surface area contributed by atoms with Gasteiger partial charge in [-0.05, 0) is 69.0 Å². The van der Waals surface area contributed by atoms with Crippen molar-refractivity contribution in [2.24, 2.45) is 0 Å². The van der Waals surface area contributed by atoms with Crippen molar-refractivity contribution in [2.75, 3.05) is 19.6 Å². The molecule has 0 N–H and O–H groups in total. The minimum Gasteiger partial charge on any atom is -0.299 e. The maximum Gasteiger partial charge on any atom is 0.269 e. The molecule has 0 aromatic heterocycles. The van der Waals surface area contributed by atoms with Gasteiger partial charge >= 0.3 is 0 Å². The van der Waals surface area contributed by atoms with Crippen LogP contribution in [0.25, 0.3) is 17.6 Å². The molecule has 0 spiro atoms. The van der Waals surface area contributed by atoms with Gasteiger partial charge in [0.1, 0.15) is 0 Å². The Hall–Kier alpha value is -3.28. The second-order valence-electron chi connectivity index (χ2n) is 8.36. The van der Waals surface area contributed by atoms with E-state index in [2.05, 4.69) is 71.0 Å². The molecule has 1 fully saturated rings. The summed E-state index contributed by atoms with van der Waals surface area (Å²) in [4.78, 5) is 16.0. The highest BCUT2D eigenvalue weighted by Crippen LogP contribution is 2.36.